The Morgan fingerprint density at radius 1 is 0.350 bits per heavy atom. The standard InChI is InChI=1S/3C22H16O2S.3H2O.O.Sb/c3*1-14(2)22(23)24-16-12-10-15(11-13-16)17-7-5-9-20-21(17)18-6-3-4-8-19(18)25-20;;;;;/h3*3-13H,1H2,2H3;3*1H2;;/q;;;;;;;+3/p-3. The molecule has 3 heterocycles. The van der Waals surface area contributed by atoms with Crippen LogP contribution in [0.2, 0.25) is 0 Å². The average molecular weight is 1220 g/mol. The maximum absolute atomic E-state index is 11.6. The van der Waals surface area contributed by atoms with Gasteiger partial charge in [-0.3, -0.25) is 0 Å². The molecule has 3 N–H and O–H groups in total. The molecule has 398 valence electrons. The van der Waals surface area contributed by atoms with Crippen molar-refractivity contribution in [3.05, 3.63) is 237 Å². The molecule has 12 aromatic rings. The molecule has 12 rings (SSSR count). The van der Waals surface area contributed by atoms with Gasteiger partial charge in [0.05, 0.1) is 0 Å². The first-order valence-corrected chi connectivity index (χ1v) is 31.7. The molecule has 0 spiro atoms. The van der Waals surface area contributed by atoms with Crippen LogP contribution in [0, 0.1) is 0 Å². The Morgan fingerprint density at radius 3 is 0.812 bits per heavy atom. The second-order valence-electron chi connectivity index (χ2n) is 18.4. The summed E-state index contributed by atoms with van der Waals surface area (Å²) in [6.45, 7) is 15.7. The molecule has 10 nitrogen and oxygen atoms in total. The zero-order valence-corrected chi connectivity index (χ0v) is 48.5. The summed E-state index contributed by atoms with van der Waals surface area (Å²) in [6, 6.07) is 67.4. The van der Waals surface area contributed by atoms with E-state index in [9.17, 15) is 14.4 Å². The number of esters is 3. The monoisotopic (exact) mass is 1220 g/mol. The third-order valence-corrected chi connectivity index (χ3v) is 15.8. The normalized spacial score (nSPS) is 11.0. The van der Waals surface area contributed by atoms with E-state index in [0.717, 1.165) is 16.7 Å². The topological polar surface area (TPSA) is 157 Å². The number of rotatable bonds is 9. The van der Waals surface area contributed by atoms with E-state index in [1.807, 2.05) is 72.8 Å². The quantitative estimate of drug-likeness (QED) is 0.0550. The summed E-state index contributed by atoms with van der Waals surface area (Å²) >= 11 is 0.0687. The number of carbonyl (C=O) groups excluding carboxylic acids is 3. The molecule has 0 fully saturated rings. The van der Waals surface area contributed by atoms with Crippen LogP contribution in [0.15, 0.2) is 237 Å². The number of benzene rings is 9. The van der Waals surface area contributed by atoms with Crippen molar-refractivity contribution < 1.29 is 41.8 Å². The fourth-order valence-electron chi connectivity index (χ4n) is 8.74. The molecule has 0 aliphatic rings. The van der Waals surface area contributed by atoms with Gasteiger partial charge >= 0.3 is 51.1 Å². The summed E-state index contributed by atoms with van der Waals surface area (Å²) in [6.07, 6.45) is 0. The third kappa shape index (κ3) is 13.4. The predicted octanol–water partition coefficient (Wildman–Crippen LogP) is 16.4. The molecule has 0 bridgehead atoms. The van der Waals surface area contributed by atoms with E-state index in [-0.39, 0.29) is 0 Å². The minimum atomic E-state index is -5.35. The summed E-state index contributed by atoms with van der Waals surface area (Å²) in [5, 5.41) is 7.64. The van der Waals surface area contributed by atoms with Gasteiger partial charge in [0, 0.05) is 77.2 Å². The molecule has 0 saturated heterocycles. The van der Waals surface area contributed by atoms with Crippen LogP contribution >= 0.6 is 34.0 Å². The number of carbonyl (C=O) groups is 3. The SMILES string of the molecule is C=C(C)C(=O)Oc1ccc(-c2cccc3sc4ccccc4c23)cc1.C=C(C)C(=O)Oc1ccc(-c2cccc3sc4ccccc4c23)cc1.C=C(C)C(=O)Oc1ccc(-c2cccc3sc4ccccc4c23)cc1.[O]=[Sb]([OH])([OH])[OH]. The first kappa shape index (κ1) is 56.5. The molecular weight excluding hydrogens is 1170 g/mol. The molecule has 0 atom stereocenters. The van der Waals surface area contributed by atoms with Crippen molar-refractivity contribution in [3.63, 3.8) is 0 Å². The van der Waals surface area contributed by atoms with Gasteiger partial charge in [-0.2, -0.15) is 0 Å². The predicted molar refractivity (Wildman–Crippen MR) is 329 cm³/mol. The first-order chi connectivity index (χ1) is 38.4. The van der Waals surface area contributed by atoms with Crippen LogP contribution in [0.1, 0.15) is 20.8 Å². The Hall–Kier alpha value is -8.23. The maximum atomic E-state index is 11.6. The number of thiophene rings is 3. The van der Waals surface area contributed by atoms with E-state index in [4.69, 9.17) is 27.4 Å². The molecule has 0 radical (unpaired) electrons. The zero-order chi connectivity index (χ0) is 56.7. The van der Waals surface area contributed by atoms with Crippen LogP contribution in [0.3, 0.4) is 0 Å². The van der Waals surface area contributed by atoms with E-state index in [2.05, 4.69) is 147 Å². The Kier molecular flexibility index (Phi) is 17.5. The van der Waals surface area contributed by atoms with Crippen molar-refractivity contribution >= 4 is 132 Å². The third-order valence-electron chi connectivity index (χ3n) is 12.4. The van der Waals surface area contributed by atoms with Crippen LogP contribution in [-0.2, 0) is 17.4 Å². The minimum absolute atomic E-state index is 0.388. The van der Waals surface area contributed by atoms with Crippen molar-refractivity contribution in [2.75, 3.05) is 0 Å². The van der Waals surface area contributed by atoms with Gasteiger partial charge in [-0.05, 0) is 127 Å². The van der Waals surface area contributed by atoms with Crippen LogP contribution in [0.25, 0.3) is 93.9 Å². The molecule has 0 aliphatic carbocycles. The number of hydrogen-bond acceptors (Lipinski definition) is 10. The van der Waals surface area contributed by atoms with Crippen LogP contribution < -0.4 is 14.2 Å². The van der Waals surface area contributed by atoms with Gasteiger partial charge in [0.15, 0.2) is 0 Å². The summed E-state index contributed by atoms with van der Waals surface area (Å²) in [7, 11) is 0. The number of ether oxygens (including phenoxy) is 3. The molecule has 0 aliphatic heterocycles. The Morgan fingerprint density at radius 2 is 0.575 bits per heavy atom. The Balaban J connectivity index is 0.000000139. The van der Waals surface area contributed by atoms with E-state index < -0.39 is 38.0 Å². The first-order valence-electron chi connectivity index (χ1n) is 24.8. The summed E-state index contributed by atoms with van der Waals surface area (Å²) in [5.74, 6) is 0.369. The van der Waals surface area contributed by atoms with Crippen LogP contribution in [-0.4, -0.2) is 48.1 Å². The van der Waals surface area contributed by atoms with Crippen LogP contribution in [0.5, 0.6) is 17.2 Å². The van der Waals surface area contributed by atoms with Crippen molar-refractivity contribution in [1.82, 2.24) is 0 Å². The summed E-state index contributed by atoms with van der Waals surface area (Å²) in [4.78, 5) is 34.9. The molecule has 9 aromatic carbocycles. The molecule has 0 saturated carbocycles. The fourth-order valence-corrected chi connectivity index (χ4v) is 12.1. The molecule has 80 heavy (non-hydrogen) atoms. The molecule has 0 unspecified atom stereocenters. The van der Waals surface area contributed by atoms with Gasteiger partial charge < -0.3 is 14.2 Å². The second kappa shape index (κ2) is 24.8. The van der Waals surface area contributed by atoms with Crippen molar-refractivity contribution in [3.8, 4) is 50.6 Å². The Labute approximate surface area is 478 Å². The van der Waals surface area contributed by atoms with Gasteiger partial charge in [0.25, 0.3) is 0 Å². The average Bonchev–Trinajstić information content (AvgIpc) is 4.32. The molecule has 14 heteroatoms. The molecule has 0 amide bonds. The number of fused-ring (bicyclic) bond motifs is 9. The van der Waals surface area contributed by atoms with Crippen molar-refractivity contribution in [2.45, 2.75) is 20.8 Å². The van der Waals surface area contributed by atoms with Gasteiger partial charge in [-0.1, -0.05) is 147 Å². The van der Waals surface area contributed by atoms with Crippen LogP contribution in [0.4, 0.5) is 0 Å². The van der Waals surface area contributed by atoms with Gasteiger partial charge in [-0.25, -0.2) is 14.4 Å². The molecule has 3 aromatic heterocycles. The fraction of sp³-hybridized carbons (Fsp3) is 0.0455. The van der Waals surface area contributed by atoms with E-state index >= 15 is 0 Å². The number of hydrogen-bond donors (Lipinski definition) is 3. The molecular formula is C66H51O10S3Sb. The summed E-state index contributed by atoms with van der Waals surface area (Å²) in [5.41, 5.74) is 8.03. The van der Waals surface area contributed by atoms with E-state index in [0.29, 0.717) is 34.0 Å². The van der Waals surface area contributed by atoms with Gasteiger partial charge in [-0.15, -0.1) is 34.0 Å². The Bertz CT molecular complexity index is 3930. The van der Waals surface area contributed by atoms with E-state index in [1.54, 1.807) is 54.8 Å². The van der Waals surface area contributed by atoms with Gasteiger partial charge in [0.1, 0.15) is 17.2 Å². The van der Waals surface area contributed by atoms with Gasteiger partial charge in [0.2, 0.25) is 0 Å². The van der Waals surface area contributed by atoms with E-state index in [1.165, 1.54) is 77.2 Å². The van der Waals surface area contributed by atoms with Crippen molar-refractivity contribution in [2.24, 2.45) is 0 Å². The van der Waals surface area contributed by atoms with Crippen molar-refractivity contribution in [1.29, 1.82) is 0 Å². The summed E-state index contributed by atoms with van der Waals surface area (Å²) < 4.78 is 54.3. The zero-order valence-electron chi connectivity index (χ0n) is 43.5. The second-order valence-corrected chi connectivity index (χ2v) is 24.6.